The van der Waals surface area contributed by atoms with Gasteiger partial charge in [0.2, 0.25) is 0 Å². The molecule has 18 heavy (non-hydrogen) atoms. The van der Waals surface area contributed by atoms with Crippen molar-refractivity contribution in [2.24, 2.45) is 5.73 Å². The van der Waals surface area contributed by atoms with E-state index in [1.807, 2.05) is 12.1 Å². The normalized spacial score (nSPS) is 12.1. The van der Waals surface area contributed by atoms with Gasteiger partial charge in [0.1, 0.15) is 0 Å². The number of benzene rings is 2. The van der Waals surface area contributed by atoms with Crippen molar-refractivity contribution in [2.45, 2.75) is 13.0 Å². The summed E-state index contributed by atoms with van der Waals surface area (Å²) in [6, 6.07) is 21.1. The third-order valence-corrected chi connectivity index (χ3v) is 3.21. The number of rotatable bonds is 5. The highest BCUT2D eigenvalue weighted by molar-refractivity contribution is 5.48. The predicted octanol–water partition coefficient (Wildman–Crippen LogP) is 3.21. The number of hydrogen-bond acceptors (Lipinski definition) is 2. The smallest absolute Gasteiger partial charge is 0.0664 e. The molecule has 0 amide bonds. The first-order valence-corrected chi connectivity index (χ1v) is 6.43. The molecule has 2 nitrogen and oxygen atoms in total. The Balaban J connectivity index is 2.31. The van der Waals surface area contributed by atoms with E-state index in [9.17, 15) is 0 Å². The molecule has 94 valence electrons. The van der Waals surface area contributed by atoms with Crippen molar-refractivity contribution in [1.29, 1.82) is 0 Å². The van der Waals surface area contributed by atoms with Crippen molar-refractivity contribution in [2.75, 3.05) is 18.0 Å². The van der Waals surface area contributed by atoms with Crippen LogP contribution in [-0.4, -0.2) is 13.1 Å². The van der Waals surface area contributed by atoms with E-state index in [-0.39, 0.29) is 6.04 Å². The molecule has 2 aromatic rings. The van der Waals surface area contributed by atoms with Gasteiger partial charge in [0.15, 0.2) is 0 Å². The largest absolute Gasteiger partial charge is 0.363 e. The van der Waals surface area contributed by atoms with Gasteiger partial charge in [-0.2, -0.15) is 0 Å². The van der Waals surface area contributed by atoms with Crippen LogP contribution in [0, 0.1) is 0 Å². The zero-order valence-electron chi connectivity index (χ0n) is 10.8. The number of nitrogens with zero attached hydrogens (tertiary/aromatic N) is 1. The molecule has 2 N–H and O–H groups in total. The van der Waals surface area contributed by atoms with Crippen molar-refractivity contribution in [3.63, 3.8) is 0 Å². The van der Waals surface area contributed by atoms with E-state index in [1.165, 1.54) is 11.3 Å². The molecule has 0 saturated carbocycles. The van der Waals surface area contributed by atoms with Crippen molar-refractivity contribution in [3.8, 4) is 0 Å². The minimum Gasteiger partial charge on any atom is -0.363 e. The maximum atomic E-state index is 5.98. The lowest BCUT2D eigenvalue weighted by Crippen LogP contribution is -2.33. The van der Waals surface area contributed by atoms with Crippen LogP contribution >= 0.6 is 0 Å². The summed E-state index contributed by atoms with van der Waals surface area (Å²) in [6.45, 7) is 3.73. The molecule has 0 bridgehead atoms. The Bertz CT molecular complexity index is 408. The third kappa shape index (κ3) is 2.71. The molecular weight excluding hydrogens is 220 g/mol. The van der Waals surface area contributed by atoms with E-state index in [0.717, 1.165) is 6.54 Å². The van der Waals surface area contributed by atoms with Gasteiger partial charge in [-0.15, -0.1) is 0 Å². The van der Waals surface area contributed by atoms with E-state index in [0.29, 0.717) is 6.54 Å². The molecule has 0 aliphatic rings. The van der Waals surface area contributed by atoms with Crippen LogP contribution in [0.15, 0.2) is 60.7 Å². The number of nitrogens with two attached hydrogens (primary N) is 1. The molecule has 0 radical (unpaired) electrons. The summed E-state index contributed by atoms with van der Waals surface area (Å²) < 4.78 is 0. The molecule has 0 heterocycles. The number of hydrogen-bond donors (Lipinski definition) is 1. The standard InChI is InChI=1S/C16H20N2/c1-2-18(15-11-7-4-8-12-15)16(13-17)14-9-5-3-6-10-14/h3-12,16H,2,13,17H2,1H3. The Morgan fingerprint density at radius 3 is 2.00 bits per heavy atom. The lowest BCUT2D eigenvalue weighted by molar-refractivity contribution is 0.643. The molecule has 2 heteroatoms. The van der Waals surface area contributed by atoms with Gasteiger partial charge in [-0.25, -0.2) is 0 Å². The summed E-state index contributed by atoms with van der Waals surface area (Å²) >= 11 is 0. The average molecular weight is 240 g/mol. The molecular formula is C16H20N2. The van der Waals surface area contributed by atoms with Gasteiger partial charge in [-0.05, 0) is 24.6 Å². The second kappa shape index (κ2) is 6.22. The Kier molecular flexibility index (Phi) is 4.37. The highest BCUT2D eigenvalue weighted by atomic mass is 15.2. The summed E-state index contributed by atoms with van der Waals surface area (Å²) in [5.41, 5.74) is 8.47. The quantitative estimate of drug-likeness (QED) is 0.869. The van der Waals surface area contributed by atoms with Gasteiger partial charge in [-0.3, -0.25) is 0 Å². The second-order valence-corrected chi connectivity index (χ2v) is 4.28. The maximum Gasteiger partial charge on any atom is 0.0664 e. The summed E-state index contributed by atoms with van der Waals surface area (Å²) in [6.07, 6.45) is 0. The van der Waals surface area contributed by atoms with Crippen LogP contribution in [0.3, 0.4) is 0 Å². The maximum absolute atomic E-state index is 5.98. The van der Waals surface area contributed by atoms with Crippen molar-refractivity contribution in [3.05, 3.63) is 66.2 Å². The molecule has 1 atom stereocenters. The van der Waals surface area contributed by atoms with E-state index < -0.39 is 0 Å². The van der Waals surface area contributed by atoms with Gasteiger partial charge in [0.25, 0.3) is 0 Å². The zero-order chi connectivity index (χ0) is 12.8. The Labute approximate surface area is 109 Å². The first kappa shape index (κ1) is 12.7. The van der Waals surface area contributed by atoms with E-state index in [1.54, 1.807) is 0 Å². The molecule has 1 unspecified atom stereocenters. The third-order valence-electron chi connectivity index (χ3n) is 3.21. The molecule has 2 aromatic carbocycles. The van der Waals surface area contributed by atoms with Crippen LogP contribution in [0.5, 0.6) is 0 Å². The van der Waals surface area contributed by atoms with Gasteiger partial charge in [-0.1, -0.05) is 48.5 Å². The topological polar surface area (TPSA) is 29.3 Å². The molecule has 2 rings (SSSR count). The number of anilines is 1. The fourth-order valence-corrected chi connectivity index (χ4v) is 2.32. The highest BCUT2D eigenvalue weighted by Crippen LogP contribution is 2.25. The zero-order valence-corrected chi connectivity index (χ0v) is 10.8. The molecule has 0 aliphatic heterocycles. The average Bonchev–Trinajstić information content (AvgIpc) is 2.46. The van der Waals surface area contributed by atoms with E-state index >= 15 is 0 Å². The van der Waals surface area contributed by atoms with Gasteiger partial charge < -0.3 is 10.6 Å². The second-order valence-electron chi connectivity index (χ2n) is 4.28. The fraction of sp³-hybridized carbons (Fsp3) is 0.250. The van der Waals surface area contributed by atoms with Crippen LogP contribution in [0.2, 0.25) is 0 Å². The lowest BCUT2D eigenvalue weighted by atomic mass is 10.0. The highest BCUT2D eigenvalue weighted by Gasteiger charge is 2.17. The van der Waals surface area contributed by atoms with Crippen LogP contribution in [-0.2, 0) is 0 Å². The van der Waals surface area contributed by atoms with Crippen LogP contribution in [0.4, 0.5) is 5.69 Å². The van der Waals surface area contributed by atoms with Gasteiger partial charge >= 0.3 is 0 Å². The fourth-order valence-electron chi connectivity index (χ4n) is 2.32. The Hall–Kier alpha value is -1.80. The molecule has 0 saturated heterocycles. The van der Waals surface area contributed by atoms with Crippen LogP contribution < -0.4 is 10.6 Å². The van der Waals surface area contributed by atoms with Crippen molar-refractivity contribution in [1.82, 2.24) is 0 Å². The molecule has 0 spiro atoms. The first-order valence-electron chi connectivity index (χ1n) is 6.43. The number of para-hydroxylation sites is 1. The Morgan fingerprint density at radius 2 is 1.50 bits per heavy atom. The SMILES string of the molecule is CCN(c1ccccc1)C(CN)c1ccccc1. The summed E-state index contributed by atoms with van der Waals surface area (Å²) in [5, 5.41) is 0. The van der Waals surface area contributed by atoms with Crippen LogP contribution in [0.25, 0.3) is 0 Å². The molecule has 0 fully saturated rings. The van der Waals surface area contributed by atoms with E-state index in [4.69, 9.17) is 5.73 Å². The monoisotopic (exact) mass is 240 g/mol. The van der Waals surface area contributed by atoms with Gasteiger partial charge in [0, 0.05) is 18.8 Å². The van der Waals surface area contributed by atoms with Crippen molar-refractivity contribution < 1.29 is 0 Å². The first-order chi connectivity index (χ1) is 8.86. The predicted molar refractivity (Wildman–Crippen MR) is 77.7 cm³/mol. The van der Waals surface area contributed by atoms with Gasteiger partial charge in [0.05, 0.1) is 6.04 Å². The minimum absolute atomic E-state index is 0.235. The van der Waals surface area contributed by atoms with E-state index in [2.05, 4.69) is 60.4 Å². The lowest BCUT2D eigenvalue weighted by Gasteiger charge is -2.32. The van der Waals surface area contributed by atoms with Crippen molar-refractivity contribution >= 4 is 5.69 Å². The molecule has 0 aromatic heterocycles. The Morgan fingerprint density at radius 1 is 0.944 bits per heavy atom. The van der Waals surface area contributed by atoms with Crippen LogP contribution in [0.1, 0.15) is 18.5 Å². The summed E-state index contributed by atoms with van der Waals surface area (Å²) in [7, 11) is 0. The molecule has 0 aliphatic carbocycles. The summed E-state index contributed by atoms with van der Waals surface area (Å²) in [5.74, 6) is 0. The summed E-state index contributed by atoms with van der Waals surface area (Å²) in [4.78, 5) is 2.34. The minimum atomic E-state index is 0.235. The number of likely N-dealkylation sites (N-methyl/N-ethyl adjacent to an activating group) is 1.